The average molecular weight is 761 g/mol. The van der Waals surface area contributed by atoms with Crippen LogP contribution in [0.2, 0.25) is 0 Å². The molecule has 55 heavy (non-hydrogen) atoms. The number of aliphatic hydroxyl groups excluding tert-OH is 3. The third-order valence-electron chi connectivity index (χ3n) is 11.0. The Labute approximate surface area is 320 Å². The largest absolute Gasteiger partial charge is 0.495 e. The number of nitrogens with two attached hydrogens (primary N) is 1. The van der Waals surface area contributed by atoms with Crippen molar-refractivity contribution in [2.24, 2.45) is 5.73 Å². The summed E-state index contributed by atoms with van der Waals surface area (Å²) in [6, 6.07) is 11.1. The maximum atomic E-state index is 13.4. The first-order valence-electron chi connectivity index (χ1n) is 19.1. The van der Waals surface area contributed by atoms with Gasteiger partial charge in [-0.05, 0) is 55.9 Å². The van der Waals surface area contributed by atoms with Crippen LogP contribution in [0, 0.1) is 0 Å². The van der Waals surface area contributed by atoms with Gasteiger partial charge in [-0.3, -0.25) is 19.8 Å². The molecule has 3 saturated heterocycles. The summed E-state index contributed by atoms with van der Waals surface area (Å²) in [4.78, 5) is 41.0. The van der Waals surface area contributed by atoms with Gasteiger partial charge in [-0.15, -0.1) is 0 Å². The average Bonchev–Trinajstić information content (AvgIpc) is 3.53. The number of aliphatic hydroxyl groups is 3. The summed E-state index contributed by atoms with van der Waals surface area (Å²) in [6.45, 7) is 6.04. The van der Waals surface area contributed by atoms with E-state index in [1.807, 2.05) is 53.1 Å². The van der Waals surface area contributed by atoms with E-state index in [0.29, 0.717) is 88.1 Å². The molecule has 296 valence electrons. The van der Waals surface area contributed by atoms with Crippen LogP contribution in [0.3, 0.4) is 0 Å². The van der Waals surface area contributed by atoms with E-state index in [0.717, 1.165) is 35.3 Å². The summed E-state index contributed by atoms with van der Waals surface area (Å²) in [5.41, 5.74) is 10.4. The molecule has 5 heterocycles. The molecule has 17 nitrogen and oxygen atoms in total. The summed E-state index contributed by atoms with van der Waals surface area (Å²) >= 11 is 0. The van der Waals surface area contributed by atoms with Crippen molar-refractivity contribution in [2.45, 2.75) is 76.3 Å². The quantitative estimate of drug-likeness (QED) is 0.131. The molecule has 2 aromatic carbocycles. The number of carbonyl (C=O) groups excluding carboxylic acids is 2. The zero-order valence-electron chi connectivity index (χ0n) is 31.3. The topological polar surface area (TPSA) is 223 Å². The van der Waals surface area contributed by atoms with Crippen molar-refractivity contribution in [1.82, 2.24) is 25.1 Å². The zero-order chi connectivity index (χ0) is 38.6. The Morgan fingerprint density at radius 1 is 1.02 bits per heavy atom. The Balaban J connectivity index is 0.965. The summed E-state index contributed by atoms with van der Waals surface area (Å²) in [5.74, 6) is 0.771. The van der Waals surface area contributed by atoms with Gasteiger partial charge in [0.25, 0.3) is 5.91 Å². The first-order chi connectivity index (χ1) is 26.6. The molecule has 0 bridgehead atoms. The minimum atomic E-state index is -0.965. The van der Waals surface area contributed by atoms with Crippen LogP contribution in [0.15, 0.2) is 36.4 Å². The fraction of sp³-hybridized carbons (Fsp3) is 0.526. The molecule has 3 aromatic rings. The van der Waals surface area contributed by atoms with E-state index >= 15 is 0 Å². The van der Waals surface area contributed by atoms with Crippen molar-refractivity contribution < 1.29 is 34.4 Å². The van der Waals surface area contributed by atoms with Crippen LogP contribution < -0.4 is 36.6 Å². The van der Waals surface area contributed by atoms with Crippen molar-refractivity contribution in [1.29, 1.82) is 0 Å². The first kappa shape index (κ1) is 38.5. The third-order valence-corrected chi connectivity index (χ3v) is 11.0. The Hall–Kier alpha value is -4.78. The number of methoxy groups -OCH3 is 1. The summed E-state index contributed by atoms with van der Waals surface area (Å²) in [7, 11) is 1.60. The molecule has 4 unspecified atom stereocenters. The molecule has 4 aliphatic rings. The lowest BCUT2D eigenvalue weighted by molar-refractivity contribution is -0.129. The molecular weight excluding hydrogens is 708 g/mol. The first-order valence-corrected chi connectivity index (χ1v) is 19.1. The van der Waals surface area contributed by atoms with E-state index in [1.54, 1.807) is 7.11 Å². The molecule has 17 heteroatoms. The fourth-order valence-electron chi connectivity index (χ4n) is 7.92. The van der Waals surface area contributed by atoms with Crippen LogP contribution in [0.1, 0.15) is 66.1 Å². The van der Waals surface area contributed by atoms with E-state index in [4.69, 9.17) is 20.2 Å². The van der Waals surface area contributed by atoms with Crippen LogP contribution in [0.25, 0.3) is 0 Å². The van der Waals surface area contributed by atoms with Crippen LogP contribution in [-0.2, 0) is 22.5 Å². The molecule has 0 aliphatic carbocycles. The van der Waals surface area contributed by atoms with Gasteiger partial charge in [-0.1, -0.05) is 19.1 Å². The Morgan fingerprint density at radius 3 is 2.51 bits per heavy atom. The number of amides is 2. The molecule has 2 amide bonds. The van der Waals surface area contributed by atoms with Crippen molar-refractivity contribution in [3.8, 4) is 5.75 Å². The molecule has 4 aliphatic heterocycles. The second-order valence-electron chi connectivity index (χ2n) is 14.4. The normalized spacial score (nSPS) is 23.3. The van der Waals surface area contributed by atoms with Crippen molar-refractivity contribution >= 4 is 40.5 Å². The lowest BCUT2D eigenvalue weighted by atomic mass is 10.0. The minimum absolute atomic E-state index is 0.0359. The highest BCUT2D eigenvalue weighted by Crippen LogP contribution is 2.39. The van der Waals surface area contributed by atoms with Gasteiger partial charge in [0.1, 0.15) is 24.4 Å². The summed E-state index contributed by atoms with van der Waals surface area (Å²) < 4.78 is 11.3. The second-order valence-corrected chi connectivity index (χ2v) is 14.4. The number of rotatable bonds is 12. The predicted octanol–water partition coefficient (Wildman–Crippen LogP) is 1.44. The SMILES string of the molecule is CCc1nc(C(N)=O)c(Nc2ccc(N3CCN(C(=O)CNc4cccc5c4CN(C4CCC(O)NC4O)C5O)CC3)c(OC)c2)nc1NC1CCOCC1. The number of hydrogen-bond acceptors (Lipinski definition) is 15. The molecule has 0 saturated carbocycles. The highest BCUT2D eigenvalue weighted by Gasteiger charge is 2.40. The minimum Gasteiger partial charge on any atom is -0.495 e. The van der Waals surface area contributed by atoms with E-state index < -0.39 is 24.6 Å². The van der Waals surface area contributed by atoms with Crippen molar-refractivity contribution in [3.63, 3.8) is 0 Å². The number of anilines is 5. The molecule has 9 N–H and O–H groups in total. The molecule has 1 aromatic heterocycles. The fourth-order valence-corrected chi connectivity index (χ4v) is 7.92. The number of hydrogen-bond donors (Lipinski definition) is 8. The van der Waals surface area contributed by atoms with E-state index in [1.165, 1.54) is 0 Å². The third kappa shape index (κ3) is 8.41. The van der Waals surface area contributed by atoms with E-state index in [2.05, 4.69) is 31.2 Å². The number of aryl methyl sites for hydroxylation is 1. The van der Waals surface area contributed by atoms with Crippen LogP contribution >= 0.6 is 0 Å². The molecule has 3 fully saturated rings. The molecule has 0 radical (unpaired) electrons. The van der Waals surface area contributed by atoms with Gasteiger partial charge >= 0.3 is 0 Å². The number of piperidine rings is 1. The van der Waals surface area contributed by atoms with Gasteiger partial charge in [0.05, 0.1) is 31.1 Å². The lowest BCUT2D eigenvalue weighted by Crippen LogP contribution is -2.56. The van der Waals surface area contributed by atoms with E-state index in [9.17, 15) is 24.9 Å². The molecule has 4 atom stereocenters. The van der Waals surface area contributed by atoms with Crippen LogP contribution in [0.5, 0.6) is 5.75 Å². The number of nitrogens with one attached hydrogen (secondary N) is 4. The smallest absolute Gasteiger partial charge is 0.271 e. The maximum absolute atomic E-state index is 13.4. The monoisotopic (exact) mass is 760 g/mol. The Kier molecular flexibility index (Phi) is 11.8. The van der Waals surface area contributed by atoms with Crippen molar-refractivity contribution in [3.05, 3.63) is 58.9 Å². The van der Waals surface area contributed by atoms with Gasteiger partial charge in [-0.2, -0.15) is 0 Å². The van der Waals surface area contributed by atoms with Crippen molar-refractivity contribution in [2.75, 3.05) is 73.9 Å². The maximum Gasteiger partial charge on any atom is 0.271 e. The predicted molar refractivity (Wildman–Crippen MR) is 206 cm³/mol. The number of carbonyl (C=O) groups is 2. The molecular formula is C38H52N10O7. The summed E-state index contributed by atoms with van der Waals surface area (Å²) in [6.07, 6.45) is 0.657. The molecule has 7 rings (SSSR count). The highest BCUT2D eigenvalue weighted by molar-refractivity contribution is 5.96. The summed E-state index contributed by atoms with van der Waals surface area (Å²) in [5, 5.41) is 44.3. The Bertz CT molecular complexity index is 1850. The highest BCUT2D eigenvalue weighted by atomic mass is 16.5. The number of piperazine rings is 1. The number of aromatic nitrogens is 2. The van der Waals surface area contributed by atoms with Gasteiger partial charge in [0.2, 0.25) is 5.91 Å². The lowest BCUT2D eigenvalue weighted by Gasteiger charge is -2.39. The van der Waals surface area contributed by atoms with Crippen LogP contribution in [0.4, 0.5) is 28.7 Å². The standard InChI is InChI=1S/C38H52N10O7/c1-3-26-35(41-22-11-17-55-18-12-22)45-36(33(43-26)34(39)51)42-23-7-8-28(30(19-23)54-2)46-13-15-47(16-14-46)32(50)20-40-27-6-4-5-24-25(27)21-48(38(24)53)29-9-10-31(49)44-37(29)52/h4-8,19,22,29,31,37-38,40,44,49,52-53H,3,9-18,20-21H2,1-2H3,(H2,39,51)(H2,41,42,45). The number of nitrogens with zero attached hydrogens (tertiary/aromatic N) is 5. The number of primary amides is 1. The van der Waals surface area contributed by atoms with Gasteiger partial charge in [-0.25, -0.2) is 9.97 Å². The number of ether oxygens (including phenoxy) is 2. The Morgan fingerprint density at radius 2 is 1.80 bits per heavy atom. The number of benzene rings is 2. The number of fused-ring (bicyclic) bond motifs is 1. The van der Waals surface area contributed by atoms with Gasteiger partial charge in [0.15, 0.2) is 17.3 Å². The van der Waals surface area contributed by atoms with Gasteiger partial charge < -0.3 is 56.3 Å². The van der Waals surface area contributed by atoms with E-state index in [-0.39, 0.29) is 36.0 Å². The zero-order valence-corrected chi connectivity index (χ0v) is 31.3. The molecule has 0 spiro atoms. The van der Waals surface area contributed by atoms with Crippen LogP contribution in [-0.4, -0.2) is 124 Å². The van der Waals surface area contributed by atoms with Gasteiger partial charge in [0, 0.05) is 75.0 Å². The second kappa shape index (κ2) is 16.9.